The Morgan fingerprint density at radius 3 is 3.05 bits per heavy atom. The average Bonchev–Trinajstić information content (AvgIpc) is 2.81. The van der Waals surface area contributed by atoms with Crippen LogP contribution in [0.2, 0.25) is 0 Å². The third-order valence-electron chi connectivity index (χ3n) is 4.23. The smallest absolute Gasteiger partial charge is 0.161 e. The highest BCUT2D eigenvalue weighted by Crippen LogP contribution is 2.42. The molecule has 1 fully saturated rings. The van der Waals surface area contributed by atoms with Gasteiger partial charge in [0.15, 0.2) is 5.17 Å². The Hall–Kier alpha value is -1.16. The topological polar surface area (TPSA) is 33.6 Å². The van der Waals surface area contributed by atoms with Crippen molar-refractivity contribution in [2.45, 2.75) is 38.1 Å². The van der Waals surface area contributed by atoms with Gasteiger partial charge in [-0.1, -0.05) is 43.7 Å². The van der Waals surface area contributed by atoms with Crippen LogP contribution in [0.25, 0.3) is 0 Å². The minimum absolute atomic E-state index is 0.187. The van der Waals surface area contributed by atoms with Gasteiger partial charge in [-0.25, -0.2) is 0 Å². The molecule has 2 atom stereocenters. The van der Waals surface area contributed by atoms with E-state index in [9.17, 15) is 0 Å². The summed E-state index contributed by atoms with van der Waals surface area (Å²) >= 11 is 1.85. The molecule has 0 radical (unpaired) electrons. The van der Waals surface area contributed by atoms with Crippen molar-refractivity contribution in [3.8, 4) is 5.75 Å². The van der Waals surface area contributed by atoms with Crippen LogP contribution in [0.5, 0.6) is 5.75 Å². The van der Waals surface area contributed by atoms with Crippen molar-refractivity contribution in [3.05, 3.63) is 24.3 Å². The molecular formula is C16H22N2OS. The van der Waals surface area contributed by atoms with Crippen LogP contribution < -0.4 is 10.1 Å². The summed E-state index contributed by atoms with van der Waals surface area (Å²) in [6.07, 6.45) is 5.14. The zero-order chi connectivity index (χ0) is 14.0. The fraction of sp³-hybridized carbons (Fsp3) is 0.562. The molecule has 2 aliphatic rings. The Bertz CT molecular complexity index is 517. The van der Waals surface area contributed by atoms with E-state index in [1.54, 1.807) is 7.11 Å². The summed E-state index contributed by atoms with van der Waals surface area (Å²) in [7, 11) is 1.70. The van der Waals surface area contributed by atoms with Crippen molar-refractivity contribution in [1.29, 1.82) is 0 Å². The molecule has 1 aliphatic carbocycles. The van der Waals surface area contributed by atoms with Crippen molar-refractivity contribution in [2.24, 2.45) is 10.9 Å². The van der Waals surface area contributed by atoms with Crippen LogP contribution in [-0.4, -0.2) is 23.6 Å². The molecule has 1 aliphatic heterocycles. The van der Waals surface area contributed by atoms with Crippen LogP contribution >= 0.6 is 11.8 Å². The van der Waals surface area contributed by atoms with E-state index < -0.39 is 0 Å². The molecule has 2 unspecified atom stereocenters. The number of aliphatic imine (C=N–C) groups is 1. The van der Waals surface area contributed by atoms with Crippen LogP contribution in [0.3, 0.4) is 0 Å². The van der Waals surface area contributed by atoms with Gasteiger partial charge in [0.05, 0.1) is 18.3 Å². The molecule has 1 spiro atoms. The van der Waals surface area contributed by atoms with Crippen LogP contribution in [-0.2, 0) is 0 Å². The minimum atomic E-state index is 0.187. The zero-order valence-electron chi connectivity index (χ0n) is 12.2. The molecule has 1 N–H and O–H groups in total. The first-order valence-corrected chi connectivity index (χ1v) is 8.32. The lowest BCUT2D eigenvalue weighted by molar-refractivity contribution is 0.266. The van der Waals surface area contributed by atoms with E-state index in [2.05, 4.69) is 12.2 Å². The molecule has 1 aromatic carbocycles. The van der Waals surface area contributed by atoms with E-state index >= 15 is 0 Å². The molecule has 0 bridgehead atoms. The summed E-state index contributed by atoms with van der Waals surface area (Å²) in [4.78, 5) is 5.01. The van der Waals surface area contributed by atoms with Crippen molar-refractivity contribution < 1.29 is 4.74 Å². The molecule has 1 heterocycles. The number of hydrogen-bond donors (Lipinski definition) is 1. The zero-order valence-corrected chi connectivity index (χ0v) is 13.0. The first kappa shape index (κ1) is 13.8. The van der Waals surface area contributed by atoms with Crippen molar-refractivity contribution in [2.75, 3.05) is 18.2 Å². The second-order valence-electron chi connectivity index (χ2n) is 5.96. The number of rotatable bonds is 2. The summed E-state index contributed by atoms with van der Waals surface area (Å²) in [6, 6.07) is 8.01. The van der Waals surface area contributed by atoms with Crippen molar-refractivity contribution in [1.82, 2.24) is 0 Å². The number of nitrogens with zero attached hydrogens (tertiary/aromatic N) is 1. The second-order valence-corrected chi connectivity index (χ2v) is 6.92. The number of thioether (sulfide) groups is 1. The third-order valence-corrected chi connectivity index (χ3v) is 5.38. The largest absolute Gasteiger partial charge is 0.495 e. The normalized spacial score (nSPS) is 29.3. The lowest BCUT2D eigenvalue weighted by Crippen LogP contribution is -2.33. The molecule has 20 heavy (non-hydrogen) atoms. The maximum Gasteiger partial charge on any atom is 0.161 e. The summed E-state index contributed by atoms with van der Waals surface area (Å²) in [6.45, 7) is 2.35. The Morgan fingerprint density at radius 1 is 1.40 bits per heavy atom. The van der Waals surface area contributed by atoms with Gasteiger partial charge in [-0.05, 0) is 30.9 Å². The number of ether oxygens (including phenoxy) is 1. The van der Waals surface area contributed by atoms with E-state index in [-0.39, 0.29) is 5.54 Å². The Kier molecular flexibility index (Phi) is 3.92. The summed E-state index contributed by atoms with van der Waals surface area (Å²) in [5.41, 5.74) is 1.19. The van der Waals surface area contributed by atoms with Crippen LogP contribution in [0.4, 0.5) is 5.69 Å². The predicted molar refractivity (Wildman–Crippen MR) is 86.9 cm³/mol. The molecule has 3 rings (SSSR count). The maximum atomic E-state index is 5.38. The van der Waals surface area contributed by atoms with Gasteiger partial charge in [-0.3, -0.25) is 4.99 Å². The molecule has 0 amide bonds. The average molecular weight is 290 g/mol. The molecule has 3 nitrogen and oxygen atoms in total. The molecular weight excluding hydrogens is 268 g/mol. The minimum Gasteiger partial charge on any atom is -0.495 e. The highest BCUT2D eigenvalue weighted by atomic mass is 32.2. The van der Waals surface area contributed by atoms with E-state index in [0.717, 1.165) is 28.3 Å². The van der Waals surface area contributed by atoms with Gasteiger partial charge in [0.25, 0.3) is 0 Å². The summed E-state index contributed by atoms with van der Waals surface area (Å²) < 4.78 is 5.38. The first-order chi connectivity index (χ1) is 9.71. The molecule has 0 saturated heterocycles. The van der Waals surface area contributed by atoms with Gasteiger partial charge in [-0.2, -0.15) is 0 Å². The number of para-hydroxylation sites is 2. The molecule has 1 aromatic rings. The number of nitrogens with one attached hydrogen (secondary N) is 1. The van der Waals surface area contributed by atoms with Crippen LogP contribution in [0, 0.1) is 5.92 Å². The van der Waals surface area contributed by atoms with Crippen LogP contribution in [0.15, 0.2) is 29.3 Å². The fourth-order valence-corrected chi connectivity index (χ4v) is 4.45. The van der Waals surface area contributed by atoms with Crippen molar-refractivity contribution >= 4 is 22.6 Å². The van der Waals surface area contributed by atoms with Gasteiger partial charge in [0, 0.05) is 5.75 Å². The van der Waals surface area contributed by atoms with Gasteiger partial charge in [0.1, 0.15) is 5.75 Å². The van der Waals surface area contributed by atoms with E-state index in [0.29, 0.717) is 0 Å². The SMILES string of the molecule is COc1ccccc1NC1=NC2(CCCC(C)C2)CS1. The number of hydrogen-bond acceptors (Lipinski definition) is 4. The van der Waals surface area contributed by atoms with Gasteiger partial charge >= 0.3 is 0 Å². The summed E-state index contributed by atoms with van der Waals surface area (Å²) in [5, 5.41) is 4.48. The predicted octanol–water partition coefficient (Wildman–Crippen LogP) is 4.16. The third kappa shape index (κ3) is 2.80. The van der Waals surface area contributed by atoms with E-state index in [1.807, 2.05) is 36.0 Å². The van der Waals surface area contributed by atoms with E-state index in [4.69, 9.17) is 9.73 Å². The standard InChI is InChI=1S/C16H22N2OS/c1-12-6-5-9-16(10-12)11-20-15(18-16)17-13-7-3-4-8-14(13)19-2/h3-4,7-8,12H,5-6,9-11H2,1-2H3,(H,17,18). The lowest BCUT2D eigenvalue weighted by atomic mass is 9.78. The highest BCUT2D eigenvalue weighted by Gasteiger charge is 2.39. The van der Waals surface area contributed by atoms with Crippen molar-refractivity contribution in [3.63, 3.8) is 0 Å². The van der Waals surface area contributed by atoms with Gasteiger partial charge < -0.3 is 10.1 Å². The number of methoxy groups -OCH3 is 1. The number of anilines is 1. The highest BCUT2D eigenvalue weighted by molar-refractivity contribution is 8.14. The molecule has 4 heteroatoms. The molecule has 1 saturated carbocycles. The Labute approximate surface area is 125 Å². The maximum absolute atomic E-state index is 5.38. The first-order valence-electron chi connectivity index (χ1n) is 7.33. The Balaban J connectivity index is 1.75. The monoisotopic (exact) mass is 290 g/mol. The fourth-order valence-electron chi connectivity index (χ4n) is 3.27. The van der Waals surface area contributed by atoms with Gasteiger partial charge in [-0.15, -0.1) is 0 Å². The molecule has 0 aromatic heterocycles. The number of amidine groups is 1. The van der Waals surface area contributed by atoms with Crippen LogP contribution in [0.1, 0.15) is 32.6 Å². The summed E-state index contributed by atoms with van der Waals surface area (Å²) in [5.74, 6) is 2.79. The number of benzene rings is 1. The van der Waals surface area contributed by atoms with E-state index in [1.165, 1.54) is 25.7 Å². The quantitative estimate of drug-likeness (QED) is 0.888. The molecule has 108 valence electrons. The Morgan fingerprint density at radius 2 is 2.25 bits per heavy atom. The second kappa shape index (κ2) is 5.68. The van der Waals surface area contributed by atoms with Gasteiger partial charge in [0.2, 0.25) is 0 Å². The lowest BCUT2D eigenvalue weighted by Gasteiger charge is -2.33.